The lowest BCUT2D eigenvalue weighted by atomic mass is 10.1. The van der Waals surface area contributed by atoms with Crippen LogP contribution in [0.15, 0.2) is 47.5 Å². The minimum absolute atomic E-state index is 0.138. The second kappa shape index (κ2) is 7.24. The summed E-state index contributed by atoms with van der Waals surface area (Å²) in [6, 6.07) is 5.20. The molecule has 8 nitrogen and oxygen atoms in total. The molecule has 1 aliphatic rings. The summed E-state index contributed by atoms with van der Waals surface area (Å²) in [5.41, 5.74) is 2.43. The average Bonchev–Trinajstić information content (AvgIpc) is 3.38. The highest BCUT2D eigenvalue weighted by Crippen LogP contribution is 2.29. The van der Waals surface area contributed by atoms with Crippen molar-refractivity contribution in [2.24, 2.45) is 7.05 Å². The molecule has 1 aromatic carbocycles. The highest BCUT2D eigenvalue weighted by molar-refractivity contribution is 5.91. The largest absolute Gasteiger partial charge is 0.445 e. The van der Waals surface area contributed by atoms with Crippen molar-refractivity contribution in [3.8, 4) is 11.5 Å². The van der Waals surface area contributed by atoms with Gasteiger partial charge in [0.05, 0.1) is 12.2 Å². The standard InChI is InChI=1S/C19H21N5O3/c1-12-13(18-21-8-11-27-18)4-3-5-14(12)22-19(25)23-15-6-10-26-16(15)17-20-7-9-24(17)2/h3-5,7-9,11,15-16H,6,10H2,1-2H3,(H2,22,23,25)/t15-,16-/m1/s1. The summed E-state index contributed by atoms with van der Waals surface area (Å²) >= 11 is 0. The van der Waals surface area contributed by atoms with Crippen LogP contribution in [0.4, 0.5) is 10.5 Å². The SMILES string of the molecule is Cc1c(NC(=O)N[C@@H]2CCO[C@H]2c2nccn2C)cccc1-c1ncco1. The average molecular weight is 367 g/mol. The van der Waals surface area contributed by atoms with Crippen LogP contribution in [0.2, 0.25) is 0 Å². The lowest BCUT2D eigenvalue weighted by Gasteiger charge is -2.20. The molecule has 3 heterocycles. The number of aryl methyl sites for hydroxylation is 1. The number of amides is 2. The molecule has 0 saturated carbocycles. The van der Waals surface area contributed by atoms with Crippen molar-refractivity contribution in [1.29, 1.82) is 0 Å². The van der Waals surface area contributed by atoms with Crippen LogP contribution in [-0.4, -0.2) is 33.2 Å². The van der Waals surface area contributed by atoms with E-state index in [-0.39, 0.29) is 18.2 Å². The number of hydrogen-bond donors (Lipinski definition) is 2. The number of anilines is 1. The summed E-state index contributed by atoms with van der Waals surface area (Å²) in [7, 11) is 1.92. The van der Waals surface area contributed by atoms with E-state index in [1.807, 2.05) is 42.9 Å². The number of ether oxygens (including phenoxy) is 1. The first-order valence-corrected chi connectivity index (χ1v) is 8.79. The smallest absolute Gasteiger partial charge is 0.319 e. The van der Waals surface area contributed by atoms with Crippen molar-refractivity contribution in [3.63, 3.8) is 0 Å². The molecule has 8 heteroatoms. The van der Waals surface area contributed by atoms with Gasteiger partial charge in [-0.15, -0.1) is 0 Å². The minimum atomic E-state index is -0.280. The van der Waals surface area contributed by atoms with E-state index in [1.54, 1.807) is 12.4 Å². The Morgan fingerprint density at radius 3 is 2.93 bits per heavy atom. The number of hydrogen-bond acceptors (Lipinski definition) is 5. The second-order valence-electron chi connectivity index (χ2n) is 6.50. The van der Waals surface area contributed by atoms with Gasteiger partial charge in [0, 0.05) is 37.3 Å². The number of urea groups is 1. The van der Waals surface area contributed by atoms with E-state index in [9.17, 15) is 4.79 Å². The number of benzene rings is 1. The Labute approximate surface area is 156 Å². The van der Waals surface area contributed by atoms with Crippen LogP contribution in [0, 0.1) is 6.92 Å². The van der Waals surface area contributed by atoms with Crippen molar-refractivity contribution >= 4 is 11.7 Å². The Bertz CT molecular complexity index is 935. The zero-order valence-corrected chi connectivity index (χ0v) is 15.2. The van der Waals surface area contributed by atoms with E-state index in [0.717, 1.165) is 23.4 Å². The molecule has 27 heavy (non-hydrogen) atoms. The van der Waals surface area contributed by atoms with Crippen molar-refractivity contribution in [2.75, 3.05) is 11.9 Å². The molecule has 3 aromatic rings. The highest BCUT2D eigenvalue weighted by Gasteiger charge is 2.33. The molecule has 2 N–H and O–H groups in total. The van der Waals surface area contributed by atoms with E-state index in [1.165, 1.54) is 6.26 Å². The number of carbonyl (C=O) groups is 1. The predicted molar refractivity (Wildman–Crippen MR) is 99.1 cm³/mol. The van der Waals surface area contributed by atoms with Crippen molar-refractivity contribution in [1.82, 2.24) is 19.9 Å². The number of imidazole rings is 1. The topological polar surface area (TPSA) is 94.2 Å². The molecule has 0 unspecified atom stereocenters. The van der Waals surface area contributed by atoms with Gasteiger partial charge in [0.1, 0.15) is 18.2 Å². The zero-order valence-electron chi connectivity index (χ0n) is 15.2. The van der Waals surface area contributed by atoms with Crippen molar-refractivity contribution in [3.05, 3.63) is 54.4 Å². The monoisotopic (exact) mass is 367 g/mol. The maximum absolute atomic E-state index is 12.6. The van der Waals surface area contributed by atoms with Gasteiger partial charge >= 0.3 is 6.03 Å². The van der Waals surface area contributed by atoms with Gasteiger partial charge in [-0.05, 0) is 31.0 Å². The first-order valence-electron chi connectivity index (χ1n) is 8.79. The fourth-order valence-electron chi connectivity index (χ4n) is 3.33. The maximum Gasteiger partial charge on any atom is 0.319 e. The maximum atomic E-state index is 12.6. The molecule has 2 amide bonds. The fraction of sp³-hybridized carbons (Fsp3) is 0.316. The van der Waals surface area contributed by atoms with E-state index in [2.05, 4.69) is 20.6 Å². The Hall–Kier alpha value is -3.13. The van der Waals surface area contributed by atoms with Gasteiger partial charge in [0.2, 0.25) is 5.89 Å². The van der Waals surface area contributed by atoms with Crippen molar-refractivity contribution in [2.45, 2.75) is 25.5 Å². The first-order chi connectivity index (χ1) is 13.1. The molecular weight excluding hydrogens is 346 g/mol. The van der Waals surface area contributed by atoms with Crippen LogP contribution in [0.5, 0.6) is 0 Å². The summed E-state index contributed by atoms with van der Waals surface area (Å²) in [6.45, 7) is 2.51. The Kier molecular flexibility index (Phi) is 4.64. The summed E-state index contributed by atoms with van der Waals surface area (Å²) in [5.74, 6) is 1.33. The third-order valence-corrected chi connectivity index (χ3v) is 4.77. The van der Waals surface area contributed by atoms with E-state index < -0.39 is 0 Å². The molecule has 1 fully saturated rings. The summed E-state index contributed by atoms with van der Waals surface area (Å²) in [5, 5.41) is 5.92. The van der Waals surface area contributed by atoms with Crippen LogP contribution < -0.4 is 10.6 Å². The molecule has 1 aliphatic heterocycles. The van der Waals surface area contributed by atoms with Gasteiger partial charge in [0.15, 0.2) is 0 Å². The van der Waals surface area contributed by atoms with Crippen LogP contribution in [0.25, 0.3) is 11.5 Å². The summed E-state index contributed by atoms with van der Waals surface area (Å²) in [4.78, 5) is 21.1. The molecule has 0 radical (unpaired) electrons. The van der Waals surface area contributed by atoms with E-state index >= 15 is 0 Å². The molecule has 2 aromatic heterocycles. The van der Waals surface area contributed by atoms with Gasteiger partial charge < -0.3 is 24.4 Å². The minimum Gasteiger partial charge on any atom is -0.445 e. The van der Waals surface area contributed by atoms with E-state index in [4.69, 9.17) is 9.15 Å². The molecule has 0 spiro atoms. The summed E-state index contributed by atoms with van der Waals surface area (Å²) in [6.07, 6.45) is 7.20. The molecule has 2 atom stereocenters. The highest BCUT2D eigenvalue weighted by atomic mass is 16.5. The van der Waals surface area contributed by atoms with Crippen molar-refractivity contribution < 1.29 is 13.9 Å². The molecule has 4 rings (SSSR count). The predicted octanol–water partition coefficient (Wildman–Crippen LogP) is 3.04. The zero-order chi connectivity index (χ0) is 18.8. The molecule has 140 valence electrons. The number of nitrogens with one attached hydrogen (secondary N) is 2. The molecule has 1 saturated heterocycles. The third-order valence-electron chi connectivity index (χ3n) is 4.77. The number of rotatable bonds is 4. The Balaban J connectivity index is 1.47. The number of oxazole rings is 1. The van der Waals surface area contributed by atoms with E-state index in [0.29, 0.717) is 18.2 Å². The van der Waals surface area contributed by atoms with Crippen LogP contribution >= 0.6 is 0 Å². The first kappa shape index (κ1) is 17.3. The van der Waals surface area contributed by atoms with Gasteiger partial charge in [-0.25, -0.2) is 14.8 Å². The number of nitrogens with zero attached hydrogens (tertiary/aromatic N) is 3. The van der Waals surface area contributed by atoms with Gasteiger partial charge in [-0.1, -0.05) is 6.07 Å². The quantitative estimate of drug-likeness (QED) is 0.739. The molecule has 0 bridgehead atoms. The number of carbonyl (C=O) groups excluding carboxylic acids is 1. The van der Waals surface area contributed by atoms with Gasteiger partial charge in [-0.3, -0.25) is 0 Å². The normalized spacial score (nSPS) is 19.2. The lowest BCUT2D eigenvalue weighted by Crippen LogP contribution is -2.40. The molecular formula is C19H21N5O3. The molecule has 0 aliphatic carbocycles. The lowest BCUT2D eigenvalue weighted by molar-refractivity contribution is 0.0913. The second-order valence-corrected chi connectivity index (χ2v) is 6.50. The fourth-order valence-corrected chi connectivity index (χ4v) is 3.33. The van der Waals surface area contributed by atoms with Crippen LogP contribution in [-0.2, 0) is 11.8 Å². The van der Waals surface area contributed by atoms with Crippen LogP contribution in [0.1, 0.15) is 23.9 Å². The Morgan fingerprint density at radius 2 is 2.19 bits per heavy atom. The van der Waals surface area contributed by atoms with Gasteiger partial charge in [-0.2, -0.15) is 0 Å². The number of aromatic nitrogens is 3. The van der Waals surface area contributed by atoms with Gasteiger partial charge in [0.25, 0.3) is 0 Å². The summed E-state index contributed by atoms with van der Waals surface area (Å²) < 4.78 is 13.1. The Morgan fingerprint density at radius 1 is 1.30 bits per heavy atom. The third kappa shape index (κ3) is 3.43. The van der Waals surface area contributed by atoms with Crippen LogP contribution in [0.3, 0.4) is 0 Å².